The van der Waals surface area contributed by atoms with Gasteiger partial charge in [-0.15, -0.1) is 0 Å². The molecule has 6 heteroatoms. The van der Waals surface area contributed by atoms with Gasteiger partial charge in [-0.1, -0.05) is 42.5 Å². The minimum Gasteiger partial charge on any atom is -0.396 e. The normalized spacial score (nSPS) is 30.7. The molecule has 3 aliphatic heterocycles. The van der Waals surface area contributed by atoms with Crippen LogP contribution in [0.2, 0.25) is 0 Å². The SMILES string of the molecule is OC[C@H]1[C@H]2CN(c3nc(-c4ccccc4)nc4ccccc34)C[C@]23CNC[C@H]1O3. The average Bonchev–Trinajstić information content (AvgIpc) is 3.21. The van der Waals surface area contributed by atoms with Gasteiger partial charge in [-0.3, -0.25) is 0 Å². The van der Waals surface area contributed by atoms with Crippen molar-refractivity contribution in [2.24, 2.45) is 11.8 Å². The van der Waals surface area contributed by atoms with Gasteiger partial charge in [0.05, 0.1) is 18.2 Å². The lowest BCUT2D eigenvalue weighted by Gasteiger charge is -2.34. The Labute approximate surface area is 169 Å². The van der Waals surface area contributed by atoms with E-state index in [1.54, 1.807) is 0 Å². The molecule has 0 aliphatic carbocycles. The van der Waals surface area contributed by atoms with Gasteiger partial charge in [0.25, 0.3) is 0 Å². The maximum absolute atomic E-state index is 10.0. The third-order valence-electron chi connectivity index (χ3n) is 6.83. The van der Waals surface area contributed by atoms with Gasteiger partial charge in [0, 0.05) is 49.0 Å². The van der Waals surface area contributed by atoms with E-state index in [9.17, 15) is 5.11 Å². The van der Waals surface area contributed by atoms with Crippen LogP contribution in [0.15, 0.2) is 54.6 Å². The fourth-order valence-corrected chi connectivity index (χ4v) is 5.48. The molecule has 2 aromatic carbocycles. The predicted molar refractivity (Wildman–Crippen MR) is 112 cm³/mol. The van der Waals surface area contributed by atoms with Crippen LogP contribution in [-0.2, 0) is 4.74 Å². The Morgan fingerprint density at radius 1 is 1.10 bits per heavy atom. The molecule has 0 unspecified atom stereocenters. The van der Waals surface area contributed by atoms with E-state index in [2.05, 4.69) is 16.3 Å². The molecule has 29 heavy (non-hydrogen) atoms. The van der Waals surface area contributed by atoms with Crippen molar-refractivity contribution in [2.75, 3.05) is 37.7 Å². The molecule has 4 atom stereocenters. The van der Waals surface area contributed by atoms with Gasteiger partial charge in [-0.25, -0.2) is 9.97 Å². The summed E-state index contributed by atoms with van der Waals surface area (Å²) in [7, 11) is 0. The number of morpholine rings is 1. The molecule has 1 aromatic heterocycles. The summed E-state index contributed by atoms with van der Waals surface area (Å²) >= 11 is 0. The van der Waals surface area contributed by atoms with Crippen molar-refractivity contribution in [3.05, 3.63) is 54.6 Å². The number of anilines is 1. The second-order valence-corrected chi connectivity index (χ2v) is 8.44. The summed E-state index contributed by atoms with van der Waals surface area (Å²) in [4.78, 5) is 12.2. The van der Waals surface area contributed by atoms with E-state index in [4.69, 9.17) is 14.7 Å². The second kappa shape index (κ2) is 6.49. The number of nitrogens with one attached hydrogen (secondary N) is 1. The van der Waals surface area contributed by atoms with Crippen molar-refractivity contribution in [1.29, 1.82) is 0 Å². The summed E-state index contributed by atoms with van der Waals surface area (Å²) in [5, 5.41) is 14.6. The van der Waals surface area contributed by atoms with Crippen LogP contribution in [0.1, 0.15) is 0 Å². The van der Waals surface area contributed by atoms with Crippen LogP contribution in [0.3, 0.4) is 0 Å². The van der Waals surface area contributed by atoms with E-state index < -0.39 is 0 Å². The number of hydrogen-bond donors (Lipinski definition) is 2. The van der Waals surface area contributed by atoms with Crippen molar-refractivity contribution >= 4 is 16.7 Å². The lowest BCUT2D eigenvalue weighted by molar-refractivity contribution is -0.0654. The van der Waals surface area contributed by atoms with Crippen LogP contribution in [-0.4, -0.2) is 59.6 Å². The molecule has 4 heterocycles. The van der Waals surface area contributed by atoms with E-state index in [1.807, 2.05) is 48.5 Å². The number of ether oxygens (including phenoxy) is 1. The van der Waals surface area contributed by atoms with Crippen molar-refractivity contribution in [1.82, 2.24) is 15.3 Å². The molecule has 148 valence electrons. The highest BCUT2D eigenvalue weighted by molar-refractivity contribution is 5.91. The molecule has 3 saturated heterocycles. The minimum absolute atomic E-state index is 0.114. The molecule has 3 aromatic rings. The Balaban J connectivity index is 1.45. The highest BCUT2D eigenvalue weighted by atomic mass is 16.5. The van der Waals surface area contributed by atoms with Crippen LogP contribution in [0.25, 0.3) is 22.3 Å². The highest BCUT2D eigenvalue weighted by Crippen LogP contribution is 2.48. The van der Waals surface area contributed by atoms with Gasteiger partial charge in [0.15, 0.2) is 5.82 Å². The number of aromatic nitrogens is 2. The molecule has 6 nitrogen and oxygen atoms in total. The zero-order valence-corrected chi connectivity index (χ0v) is 16.2. The molecule has 3 fully saturated rings. The Morgan fingerprint density at radius 2 is 1.93 bits per heavy atom. The lowest BCUT2D eigenvalue weighted by atomic mass is 9.83. The van der Waals surface area contributed by atoms with Crippen LogP contribution in [0.5, 0.6) is 0 Å². The third-order valence-corrected chi connectivity index (χ3v) is 6.83. The third kappa shape index (κ3) is 2.60. The Hall–Kier alpha value is -2.54. The van der Waals surface area contributed by atoms with Crippen LogP contribution >= 0.6 is 0 Å². The van der Waals surface area contributed by atoms with E-state index in [-0.39, 0.29) is 24.2 Å². The Morgan fingerprint density at radius 3 is 2.79 bits per heavy atom. The van der Waals surface area contributed by atoms with Crippen LogP contribution < -0.4 is 10.2 Å². The van der Waals surface area contributed by atoms with Gasteiger partial charge in [0.2, 0.25) is 0 Å². The topological polar surface area (TPSA) is 70.5 Å². The zero-order valence-electron chi connectivity index (χ0n) is 16.2. The van der Waals surface area contributed by atoms with Gasteiger partial charge >= 0.3 is 0 Å². The second-order valence-electron chi connectivity index (χ2n) is 8.44. The van der Waals surface area contributed by atoms with Crippen molar-refractivity contribution in [2.45, 2.75) is 11.7 Å². The summed E-state index contributed by atoms with van der Waals surface area (Å²) in [5.41, 5.74) is 1.72. The average molecular weight is 388 g/mol. The quantitative estimate of drug-likeness (QED) is 0.716. The molecular formula is C23H24N4O2. The first kappa shape index (κ1) is 17.3. The zero-order chi connectivity index (χ0) is 19.4. The summed E-state index contributed by atoms with van der Waals surface area (Å²) in [6, 6.07) is 18.3. The number of nitrogens with zero attached hydrogens (tertiary/aromatic N) is 3. The number of para-hydroxylation sites is 1. The summed E-state index contributed by atoms with van der Waals surface area (Å²) in [6.45, 7) is 3.46. The van der Waals surface area contributed by atoms with Crippen LogP contribution in [0.4, 0.5) is 5.82 Å². The molecule has 3 aliphatic rings. The summed E-state index contributed by atoms with van der Waals surface area (Å²) in [5.74, 6) is 2.19. The summed E-state index contributed by atoms with van der Waals surface area (Å²) < 4.78 is 6.48. The van der Waals surface area contributed by atoms with E-state index in [0.717, 1.165) is 54.3 Å². The largest absolute Gasteiger partial charge is 0.396 e. The van der Waals surface area contributed by atoms with Crippen molar-refractivity contribution in [3.63, 3.8) is 0 Å². The van der Waals surface area contributed by atoms with Crippen molar-refractivity contribution < 1.29 is 9.84 Å². The molecule has 2 bridgehead atoms. The fraction of sp³-hybridized carbons (Fsp3) is 0.391. The van der Waals surface area contributed by atoms with Crippen LogP contribution in [0, 0.1) is 11.8 Å². The number of aliphatic hydroxyl groups is 1. The minimum atomic E-state index is -0.241. The molecule has 0 amide bonds. The maximum Gasteiger partial charge on any atom is 0.162 e. The van der Waals surface area contributed by atoms with Gasteiger partial charge in [-0.2, -0.15) is 0 Å². The predicted octanol–water partition coefficient (Wildman–Crippen LogP) is 2.08. The van der Waals surface area contributed by atoms with Crippen molar-refractivity contribution in [3.8, 4) is 11.4 Å². The fourth-order valence-electron chi connectivity index (χ4n) is 5.48. The first-order chi connectivity index (χ1) is 14.3. The smallest absolute Gasteiger partial charge is 0.162 e. The molecule has 0 saturated carbocycles. The summed E-state index contributed by atoms with van der Waals surface area (Å²) in [6.07, 6.45) is 0.114. The molecule has 1 spiro atoms. The molecular weight excluding hydrogens is 364 g/mol. The van der Waals surface area contributed by atoms with Gasteiger partial charge < -0.3 is 20.1 Å². The molecule has 0 radical (unpaired) electrons. The van der Waals surface area contributed by atoms with Gasteiger partial charge in [-0.05, 0) is 12.1 Å². The Kier molecular flexibility index (Phi) is 3.88. The van der Waals surface area contributed by atoms with E-state index >= 15 is 0 Å². The first-order valence-corrected chi connectivity index (χ1v) is 10.3. The number of fused-ring (bicyclic) bond motifs is 2. The monoisotopic (exact) mass is 388 g/mol. The number of aliphatic hydroxyl groups excluding tert-OH is 1. The standard InChI is InChI=1S/C23H24N4O2/c28-12-17-18-11-27(14-23(18)13-24-10-20(17)29-23)22-16-8-4-5-9-19(16)25-21(26-22)15-6-2-1-3-7-15/h1-9,17-18,20,24,28H,10-14H2/t17-,18+,20+,23+/m0/s1. The number of benzene rings is 2. The maximum atomic E-state index is 10.0. The number of hydrogen-bond acceptors (Lipinski definition) is 6. The molecule has 6 rings (SSSR count). The molecule has 2 N–H and O–H groups in total. The Bertz CT molecular complexity index is 1060. The van der Waals surface area contributed by atoms with Gasteiger partial charge in [0.1, 0.15) is 11.4 Å². The first-order valence-electron chi connectivity index (χ1n) is 10.3. The highest BCUT2D eigenvalue weighted by Gasteiger charge is 2.61. The number of rotatable bonds is 3. The lowest BCUT2D eigenvalue weighted by Crippen LogP contribution is -2.52. The van der Waals surface area contributed by atoms with E-state index in [0.29, 0.717) is 5.92 Å². The van der Waals surface area contributed by atoms with E-state index in [1.165, 1.54) is 0 Å².